The van der Waals surface area contributed by atoms with E-state index in [1.807, 2.05) is 53.1 Å². The molecule has 0 saturated carbocycles. The number of nitrogens with zero attached hydrogens (tertiary/aromatic N) is 3. The molecule has 4 aromatic rings. The molecule has 132 valence electrons. The Bertz CT molecular complexity index is 1220. The summed E-state index contributed by atoms with van der Waals surface area (Å²) in [6.45, 7) is 0. The normalized spacial score (nSPS) is 15.0. The third-order valence-corrected chi connectivity index (χ3v) is 4.83. The highest BCUT2D eigenvalue weighted by Gasteiger charge is 2.30. The average molecular weight is 358 g/mol. The molecule has 0 bridgehead atoms. The van der Waals surface area contributed by atoms with Gasteiger partial charge >= 0.3 is 0 Å². The first-order valence-corrected chi connectivity index (χ1v) is 8.44. The minimum Gasteiger partial charge on any atom is -0.508 e. The number of hydrogen-bond donors (Lipinski definition) is 2. The number of phenolic OH excluding ortho intramolecular Hbond substituents is 1. The number of imidazole rings is 1. The van der Waals surface area contributed by atoms with Crippen molar-refractivity contribution in [3.05, 3.63) is 82.4 Å². The molecule has 5 rings (SSSR count). The number of aromatic nitrogens is 2. The predicted molar refractivity (Wildman–Crippen MR) is 102 cm³/mol. The molecular weight excluding hydrogens is 344 g/mol. The van der Waals surface area contributed by atoms with Crippen molar-refractivity contribution >= 4 is 22.4 Å². The van der Waals surface area contributed by atoms with Gasteiger partial charge in [0.1, 0.15) is 17.7 Å². The number of phenols is 1. The smallest absolute Gasteiger partial charge is 0.270 e. The Morgan fingerprint density at radius 2 is 1.85 bits per heavy atom. The number of non-ortho nitro benzene ring substituents is 1. The van der Waals surface area contributed by atoms with Crippen LogP contribution in [-0.2, 0) is 0 Å². The molecule has 0 spiro atoms. The highest BCUT2D eigenvalue weighted by Crippen LogP contribution is 2.42. The van der Waals surface area contributed by atoms with E-state index in [1.165, 1.54) is 18.2 Å². The zero-order valence-electron chi connectivity index (χ0n) is 14.0. The maximum absolute atomic E-state index is 11.2. The highest BCUT2D eigenvalue weighted by atomic mass is 16.6. The monoisotopic (exact) mass is 358 g/mol. The van der Waals surface area contributed by atoms with E-state index < -0.39 is 11.1 Å². The van der Waals surface area contributed by atoms with Crippen LogP contribution in [0.3, 0.4) is 0 Å². The number of aromatic hydroxyl groups is 1. The zero-order valence-corrected chi connectivity index (χ0v) is 14.0. The fraction of sp³-hybridized carbons (Fsp3) is 0.0500. The molecule has 0 unspecified atom stereocenters. The summed E-state index contributed by atoms with van der Waals surface area (Å²) in [6, 6.07) is 19.5. The summed E-state index contributed by atoms with van der Waals surface area (Å²) in [4.78, 5) is 15.5. The van der Waals surface area contributed by atoms with Crippen molar-refractivity contribution in [3.63, 3.8) is 0 Å². The van der Waals surface area contributed by atoms with E-state index in [-0.39, 0.29) is 11.4 Å². The van der Waals surface area contributed by atoms with Gasteiger partial charge in [-0.2, -0.15) is 0 Å². The van der Waals surface area contributed by atoms with Crippen LogP contribution >= 0.6 is 0 Å². The van der Waals surface area contributed by atoms with Gasteiger partial charge in [0.25, 0.3) is 5.69 Å². The molecule has 1 aliphatic heterocycles. The molecule has 0 aliphatic carbocycles. The van der Waals surface area contributed by atoms with Gasteiger partial charge < -0.3 is 10.4 Å². The highest BCUT2D eigenvalue weighted by molar-refractivity contribution is 5.87. The standard InChI is InChI=1S/C20H14N4O3/c25-18-10-9-12(24(26)27)11-14(18)20-21-15-6-2-1-5-13(15)19-22-16-7-3-4-8-17(16)23(19)20/h1-11,20-21,25H/t20-/m1/s1. The fourth-order valence-electron chi connectivity index (χ4n) is 3.60. The summed E-state index contributed by atoms with van der Waals surface area (Å²) in [5.74, 6) is 0.739. The quantitative estimate of drug-likeness (QED) is 0.412. The molecule has 0 radical (unpaired) electrons. The van der Waals surface area contributed by atoms with Crippen molar-refractivity contribution in [2.75, 3.05) is 5.32 Å². The Morgan fingerprint density at radius 3 is 2.70 bits per heavy atom. The number of fused-ring (bicyclic) bond motifs is 5. The van der Waals surface area contributed by atoms with Crippen LogP contribution in [0.5, 0.6) is 5.75 Å². The van der Waals surface area contributed by atoms with Gasteiger partial charge in [-0.15, -0.1) is 0 Å². The van der Waals surface area contributed by atoms with Gasteiger partial charge in [0.15, 0.2) is 0 Å². The van der Waals surface area contributed by atoms with E-state index in [0.717, 1.165) is 28.1 Å². The minimum absolute atomic E-state index is 0.0128. The second-order valence-corrected chi connectivity index (χ2v) is 6.39. The Morgan fingerprint density at radius 1 is 1.07 bits per heavy atom. The van der Waals surface area contributed by atoms with E-state index in [9.17, 15) is 15.2 Å². The summed E-state index contributed by atoms with van der Waals surface area (Å²) in [5.41, 5.74) is 3.84. The molecule has 0 amide bonds. The summed E-state index contributed by atoms with van der Waals surface area (Å²) >= 11 is 0. The third-order valence-electron chi connectivity index (χ3n) is 4.83. The lowest BCUT2D eigenvalue weighted by molar-refractivity contribution is -0.385. The number of rotatable bonds is 2. The van der Waals surface area contributed by atoms with Crippen molar-refractivity contribution in [1.82, 2.24) is 9.55 Å². The molecule has 3 aromatic carbocycles. The lowest BCUT2D eigenvalue weighted by atomic mass is 10.0. The maximum atomic E-state index is 11.2. The number of nitro benzene ring substituents is 1. The molecule has 1 atom stereocenters. The van der Waals surface area contributed by atoms with Crippen LogP contribution in [-0.4, -0.2) is 19.6 Å². The van der Waals surface area contributed by atoms with Crippen LogP contribution in [0, 0.1) is 10.1 Å². The van der Waals surface area contributed by atoms with Gasteiger partial charge in [-0.05, 0) is 30.3 Å². The predicted octanol–water partition coefficient (Wildman–Crippen LogP) is 4.29. The van der Waals surface area contributed by atoms with Crippen LogP contribution in [0.1, 0.15) is 11.7 Å². The molecule has 0 fully saturated rings. The van der Waals surface area contributed by atoms with Crippen molar-refractivity contribution in [2.24, 2.45) is 0 Å². The number of benzene rings is 3. The van der Waals surface area contributed by atoms with Crippen LogP contribution in [0.25, 0.3) is 22.4 Å². The Balaban J connectivity index is 1.82. The second-order valence-electron chi connectivity index (χ2n) is 6.39. The average Bonchev–Trinajstić information content (AvgIpc) is 3.07. The SMILES string of the molecule is O=[N+]([O-])c1ccc(O)c([C@@H]2Nc3ccccc3-c3nc4ccccc4n32)c1. The fourth-order valence-corrected chi connectivity index (χ4v) is 3.60. The molecule has 1 aromatic heterocycles. The van der Waals surface area contributed by atoms with Crippen molar-refractivity contribution < 1.29 is 10.0 Å². The van der Waals surface area contributed by atoms with E-state index in [2.05, 4.69) is 5.32 Å². The Kier molecular flexibility index (Phi) is 3.17. The summed E-state index contributed by atoms with van der Waals surface area (Å²) in [6.07, 6.45) is -0.526. The molecule has 1 aliphatic rings. The topological polar surface area (TPSA) is 93.2 Å². The van der Waals surface area contributed by atoms with Gasteiger partial charge in [-0.1, -0.05) is 24.3 Å². The lowest BCUT2D eigenvalue weighted by Crippen LogP contribution is -2.25. The van der Waals surface area contributed by atoms with Gasteiger partial charge in [0, 0.05) is 28.9 Å². The van der Waals surface area contributed by atoms with Crippen LogP contribution in [0.4, 0.5) is 11.4 Å². The molecular formula is C20H14N4O3. The molecule has 2 N–H and O–H groups in total. The van der Waals surface area contributed by atoms with Gasteiger partial charge in [-0.3, -0.25) is 14.7 Å². The first-order chi connectivity index (χ1) is 13.1. The Labute approximate surface area is 153 Å². The molecule has 27 heavy (non-hydrogen) atoms. The largest absolute Gasteiger partial charge is 0.508 e. The second kappa shape index (κ2) is 5.57. The van der Waals surface area contributed by atoms with Gasteiger partial charge in [0.05, 0.1) is 16.0 Å². The summed E-state index contributed by atoms with van der Waals surface area (Å²) < 4.78 is 1.97. The van der Waals surface area contributed by atoms with E-state index >= 15 is 0 Å². The molecule has 0 saturated heterocycles. The number of nitro groups is 1. The zero-order chi connectivity index (χ0) is 18.5. The Hall–Kier alpha value is -3.87. The van der Waals surface area contributed by atoms with Crippen molar-refractivity contribution in [1.29, 1.82) is 0 Å². The van der Waals surface area contributed by atoms with Gasteiger partial charge in [0.2, 0.25) is 0 Å². The first-order valence-electron chi connectivity index (χ1n) is 8.44. The van der Waals surface area contributed by atoms with E-state index in [4.69, 9.17) is 4.98 Å². The molecule has 7 nitrogen and oxygen atoms in total. The van der Waals surface area contributed by atoms with E-state index in [1.54, 1.807) is 0 Å². The van der Waals surface area contributed by atoms with Gasteiger partial charge in [-0.25, -0.2) is 4.98 Å². The third kappa shape index (κ3) is 2.25. The number of anilines is 1. The maximum Gasteiger partial charge on any atom is 0.270 e. The summed E-state index contributed by atoms with van der Waals surface area (Å²) in [7, 11) is 0. The minimum atomic E-state index is -0.526. The molecule has 7 heteroatoms. The van der Waals surface area contributed by atoms with Crippen molar-refractivity contribution in [2.45, 2.75) is 6.17 Å². The van der Waals surface area contributed by atoms with Crippen LogP contribution in [0.15, 0.2) is 66.7 Å². The number of para-hydroxylation sites is 3. The van der Waals surface area contributed by atoms with Crippen molar-refractivity contribution in [3.8, 4) is 17.1 Å². The number of hydrogen-bond acceptors (Lipinski definition) is 5. The number of nitrogens with one attached hydrogen (secondary N) is 1. The van der Waals surface area contributed by atoms with E-state index in [0.29, 0.717) is 5.56 Å². The summed E-state index contributed by atoms with van der Waals surface area (Å²) in [5, 5.41) is 25.1. The molecule has 2 heterocycles. The van der Waals surface area contributed by atoms with Crippen LogP contribution in [0.2, 0.25) is 0 Å². The lowest BCUT2D eigenvalue weighted by Gasteiger charge is -2.30. The van der Waals surface area contributed by atoms with Crippen LogP contribution < -0.4 is 5.32 Å². The first kappa shape index (κ1) is 15.4.